The number of likely N-dealkylation sites (tertiary alicyclic amines) is 1. The minimum Gasteiger partial charge on any atom is -0.347 e. The first kappa shape index (κ1) is 15.2. The third kappa shape index (κ3) is 2.90. The van der Waals surface area contributed by atoms with Crippen molar-refractivity contribution in [3.05, 3.63) is 34.9 Å². The summed E-state index contributed by atoms with van der Waals surface area (Å²) in [5.74, 6) is -0.286. The van der Waals surface area contributed by atoms with Crippen molar-refractivity contribution in [2.24, 2.45) is 0 Å². The van der Waals surface area contributed by atoms with Crippen LogP contribution in [0.3, 0.4) is 0 Å². The molecular formula is C19H25NO3. The Morgan fingerprint density at radius 3 is 2.61 bits per heavy atom. The normalized spacial score (nSPS) is 26.3. The molecule has 124 valence electrons. The second-order valence-electron chi connectivity index (χ2n) is 7.13. The summed E-state index contributed by atoms with van der Waals surface area (Å²) in [7, 11) is 0. The molecule has 0 saturated carbocycles. The zero-order valence-electron chi connectivity index (χ0n) is 13.8. The summed E-state index contributed by atoms with van der Waals surface area (Å²) >= 11 is 0. The zero-order chi connectivity index (χ0) is 15.9. The fourth-order valence-electron chi connectivity index (χ4n) is 4.07. The number of rotatable bonds is 1. The molecule has 2 aliphatic heterocycles. The summed E-state index contributed by atoms with van der Waals surface area (Å²) in [6.07, 6.45) is 6.48. The maximum absolute atomic E-state index is 12.8. The van der Waals surface area contributed by atoms with Gasteiger partial charge in [0.25, 0.3) is 5.91 Å². The van der Waals surface area contributed by atoms with E-state index in [1.54, 1.807) is 0 Å². The SMILES string of the molecule is CC1COC2(CCN(C(=O)c3ccc4c(c3)CCCC4)CC2)O1. The predicted molar refractivity (Wildman–Crippen MR) is 87.5 cm³/mol. The van der Waals surface area contributed by atoms with Crippen molar-refractivity contribution in [2.45, 2.75) is 57.3 Å². The van der Waals surface area contributed by atoms with Crippen LogP contribution in [0, 0.1) is 0 Å². The molecular weight excluding hydrogens is 290 g/mol. The number of hydrogen-bond acceptors (Lipinski definition) is 3. The van der Waals surface area contributed by atoms with Crippen molar-refractivity contribution < 1.29 is 14.3 Å². The van der Waals surface area contributed by atoms with Crippen LogP contribution in [0.15, 0.2) is 18.2 Å². The molecule has 2 saturated heterocycles. The average Bonchev–Trinajstić information content (AvgIpc) is 2.95. The van der Waals surface area contributed by atoms with E-state index in [4.69, 9.17) is 9.47 Å². The van der Waals surface area contributed by atoms with Crippen LogP contribution in [0.5, 0.6) is 0 Å². The van der Waals surface area contributed by atoms with E-state index in [2.05, 4.69) is 12.1 Å². The Hall–Kier alpha value is -1.39. The number of nitrogens with zero attached hydrogens (tertiary/aromatic N) is 1. The Labute approximate surface area is 137 Å². The van der Waals surface area contributed by atoms with Gasteiger partial charge in [0.1, 0.15) is 0 Å². The minimum atomic E-state index is -0.438. The van der Waals surface area contributed by atoms with Gasteiger partial charge < -0.3 is 14.4 Å². The molecule has 1 spiro atoms. The largest absolute Gasteiger partial charge is 0.347 e. The molecule has 0 radical (unpaired) electrons. The number of hydrogen-bond donors (Lipinski definition) is 0. The van der Waals surface area contributed by atoms with Crippen molar-refractivity contribution >= 4 is 5.91 Å². The Bertz CT molecular complexity index is 605. The lowest BCUT2D eigenvalue weighted by Gasteiger charge is -2.38. The first-order valence-corrected chi connectivity index (χ1v) is 8.88. The number of aryl methyl sites for hydroxylation is 2. The van der Waals surface area contributed by atoms with Gasteiger partial charge in [-0.25, -0.2) is 0 Å². The van der Waals surface area contributed by atoms with Crippen molar-refractivity contribution in [1.82, 2.24) is 4.90 Å². The highest BCUT2D eigenvalue weighted by Crippen LogP contribution is 2.34. The molecule has 1 unspecified atom stereocenters. The summed E-state index contributed by atoms with van der Waals surface area (Å²) in [6.45, 7) is 4.13. The predicted octanol–water partition coefficient (Wildman–Crippen LogP) is 2.93. The first-order valence-electron chi connectivity index (χ1n) is 8.88. The Morgan fingerprint density at radius 2 is 1.91 bits per heavy atom. The lowest BCUT2D eigenvalue weighted by atomic mass is 9.90. The summed E-state index contributed by atoms with van der Waals surface area (Å²) < 4.78 is 11.8. The van der Waals surface area contributed by atoms with E-state index in [1.807, 2.05) is 17.9 Å². The molecule has 23 heavy (non-hydrogen) atoms. The van der Waals surface area contributed by atoms with Gasteiger partial charge in [0.15, 0.2) is 5.79 Å². The van der Waals surface area contributed by atoms with E-state index in [-0.39, 0.29) is 12.0 Å². The van der Waals surface area contributed by atoms with E-state index in [0.717, 1.165) is 31.2 Å². The molecule has 1 aromatic rings. The van der Waals surface area contributed by atoms with Crippen molar-refractivity contribution in [1.29, 1.82) is 0 Å². The molecule has 1 amide bonds. The molecule has 2 fully saturated rings. The Morgan fingerprint density at radius 1 is 1.17 bits per heavy atom. The number of benzene rings is 1. The number of piperidine rings is 1. The van der Waals surface area contributed by atoms with E-state index in [9.17, 15) is 4.79 Å². The Balaban J connectivity index is 1.44. The van der Waals surface area contributed by atoms with E-state index in [0.29, 0.717) is 19.7 Å². The molecule has 1 aliphatic carbocycles. The molecule has 1 atom stereocenters. The summed E-state index contributed by atoms with van der Waals surface area (Å²) in [5, 5.41) is 0. The van der Waals surface area contributed by atoms with Gasteiger partial charge in [0.05, 0.1) is 12.7 Å². The molecule has 0 bridgehead atoms. The fraction of sp³-hybridized carbons (Fsp3) is 0.632. The van der Waals surface area contributed by atoms with Gasteiger partial charge in [-0.15, -0.1) is 0 Å². The minimum absolute atomic E-state index is 0.152. The van der Waals surface area contributed by atoms with Crippen LogP contribution in [0.4, 0.5) is 0 Å². The molecule has 4 rings (SSSR count). The average molecular weight is 315 g/mol. The highest BCUT2D eigenvalue weighted by molar-refractivity contribution is 5.94. The van der Waals surface area contributed by atoms with Crippen LogP contribution >= 0.6 is 0 Å². The number of carbonyl (C=O) groups is 1. The molecule has 4 heteroatoms. The number of fused-ring (bicyclic) bond motifs is 1. The van der Waals surface area contributed by atoms with Crippen LogP contribution in [-0.2, 0) is 22.3 Å². The van der Waals surface area contributed by atoms with Gasteiger partial charge >= 0.3 is 0 Å². The third-order valence-corrected chi connectivity index (χ3v) is 5.40. The van der Waals surface area contributed by atoms with Gasteiger partial charge in [0, 0.05) is 31.5 Å². The second-order valence-corrected chi connectivity index (χ2v) is 7.13. The lowest BCUT2D eigenvalue weighted by molar-refractivity contribution is -0.189. The molecule has 0 aromatic heterocycles. The maximum Gasteiger partial charge on any atom is 0.253 e. The van der Waals surface area contributed by atoms with Crippen molar-refractivity contribution in [3.63, 3.8) is 0 Å². The summed E-state index contributed by atoms with van der Waals surface area (Å²) in [6, 6.07) is 6.27. The van der Waals surface area contributed by atoms with Crippen LogP contribution in [0.25, 0.3) is 0 Å². The van der Waals surface area contributed by atoms with Gasteiger partial charge in [-0.2, -0.15) is 0 Å². The topological polar surface area (TPSA) is 38.8 Å². The van der Waals surface area contributed by atoms with Crippen LogP contribution in [-0.4, -0.2) is 42.4 Å². The smallest absolute Gasteiger partial charge is 0.253 e. The molecule has 1 aromatic carbocycles. The highest BCUT2D eigenvalue weighted by atomic mass is 16.7. The van der Waals surface area contributed by atoms with Crippen molar-refractivity contribution in [2.75, 3.05) is 19.7 Å². The molecule has 0 N–H and O–H groups in total. The van der Waals surface area contributed by atoms with Gasteiger partial charge in [-0.1, -0.05) is 6.07 Å². The van der Waals surface area contributed by atoms with Crippen molar-refractivity contribution in [3.8, 4) is 0 Å². The number of amides is 1. The maximum atomic E-state index is 12.8. The van der Waals surface area contributed by atoms with Crippen LogP contribution in [0.1, 0.15) is 54.1 Å². The van der Waals surface area contributed by atoms with E-state index < -0.39 is 5.79 Å². The summed E-state index contributed by atoms with van der Waals surface area (Å²) in [4.78, 5) is 14.7. The molecule has 3 aliphatic rings. The monoisotopic (exact) mass is 315 g/mol. The first-order chi connectivity index (χ1) is 11.2. The Kier molecular flexibility index (Phi) is 3.90. The lowest BCUT2D eigenvalue weighted by Crippen LogP contribution is -2.47. The molecule has 4 nitrogen and oxygen atoms in total. The summed E-state index contributed by atoms with van der Waals surface area (Å²) in [5.41, 5.74) is 3.63. The van der Waals surface area contributed by atoms with E-state index in [1.165, 1.54) is 24.0 Å². The number of carbonyl (C=O) groups excluding carboxylic acids is 1. The van der Waals surface area contributed by atoms with Gasteiger partial charge in [-0.05, 0) is 55.9 Å². The quantitative estimate of drug-likeness (QED) is 0.800. The zero-order valence-corrected chi connectivity index (χ0v) is 13.8. The van der Waals surface area contributed by atoms with E-state index >= 15 is 0 Å². The number of ether oxygens (including phenoxy) is 2. The van der Waals surface area contributed by atoms with Gasteiger partial charge in [0.2, 0.25) is 0 Å². The molecule has 2 heterocycles. The standard InChI is InChI=1S/C19H25NO3/c1-14-13-22-19(23-14)8-10-20(11-9-19)18(21)17-7-6-15-4-2-3-5-16(15)12-17/h6-7,12,14H,2-5,8-11,13H2,1H3. The van der Waals surface area contributed by atoms with Crippen LogP contribution < -0.4 is 0 Å². The fourth-order valence-corrected chi connectivity index (χ4v) is 4.07. The van der Waals surface area contributed by atoms with Crippen LogP contribution in [0.2, 0.25) is 0 Å². The van der Waals surface area contributed by atoms with Gasteiger partial charge in [-0.3, -0.25) is 4.79 Å². The second kappa shape index (κ2) is 5.91. The highest BCUT2D eigenvalue weighted by Gasteiger charge is 2.43. The third-order valence-electron chi connectivity index (χ3n) is 5.40.